The van der Waals surface area contributed by atoms with Gasteiger partial charge in [-0.25, -0.2) is 10.3 Å². The molecule has 0 saturated carbocycles. The Bertz CT molecular complexity index is 342. The summed E-state index contributed by atoms with van der Waals surface area (Å²) in [5.41, 5.74) is 1.74. The molecule has 15 heavy (non-hydrogen) atoms. The van der Waals surface area contributed by atoms with Gasteiger partial charge in [0.2, 0.25) is 0 Å². The van der Waals surface area contributed by atoms with E-state index in [1.165, 1.54) is 0 Å². The van der Waals surface area contributed by atoms with E-state index in [2.05, 4.69) is 34.6 Å². The van der Waals surface area contributed by atoms with Gasteiger partial charge in [-0.05, 0) is 39.0 Å². The molecule has 0 unspecified atom stereocenters. The van der Waals surface area contributed by atoms with Crippen LogP contribution in [-0.4, -0.2) is 6.61 Å². The molecule has 1 aromatic rings. The number of hydrogen-bond acceptors (Lipinski definition) is 2. The van der Waals surface area contributed by atoms with Gasteiger partial charge in [-0.2, -0.15) is 0 Å². The minimum atomic E-state index is -0.226. The molecule has 0 heterocycles. The van der Waals surface area contributed by atoms with Crippen molar-refractivity contribution in [3.05, 3.63) is 33.5 Å². The fourth-order valence-electron chi connectivity index (χ4n) is 1.35. The van der Waals surface area contributed by atoms with Crippen molar-refractivity contribution in [3.63, 3.8) is 0 Å². The summed E-state index contributed by atoms with van der Waals surface area (Å²) in [6.07, 6.45) is 0.488. The molecular formula is C11H15BrFNO. The molecule has 0 aliphatic rings. The van der Waals surface area contributed by atoms with E-state index in [0.717, 1.165) is 5.56 Å². The normalized spacial score (nSPS) is 11.1. The molecule has 0 aliphatic carbocycles. The zero-order chi connectivity index (χ0) is 11.4. The fourth-order valence-corrected chi connectivity index (χ4v) is 1.87. The van der Waals surface area contributed by atoms with Gasteiger partial charge in [0.25, 0.3) is 0 Å². The van der Waals surface area contributed by atoms with Gasteiger partial charge in [-0.3, -0.25) is 0 Å². The van der Waals surface area contributed by atoms with E-state index in [1.54, 1.807) is 0 Å². The van der Waals surface area contributed by atoms with E-state index in [0.29, 0.717) is 29.0 Å². The molecule has 0 aromatic heterocycles. The summed E-state index contributed by atoms with van der Waals surface area (Å²) >= 11 is 3.21. The lowest BCUT2D eigenvalue weighted by Gasteiger charge is -2.11. The second-order valence-corrected chi connectivity index (χ2v) is 4.61. The van der Waals surface area contributed by atoms with Crippen molar-refractivity contribution in [3.8, 4) is 0 Å². The summed E-state index contributed by atoms with van der Waals surface area (Å²) in [5.74, 6) is 5.08. The van der Waals surface area contributed by atoms with Gasteiger partial charge in [0, 0.05) is 6.42 Å². The van der Waals surface area contributed by atoms with Gasteiger partial charge in [-0.1, -0.05) is 19.9 Å². The maximum Gasteiger partial charge on any atom is 0.140 e. The summed E-state index contributed by atoms with van der Waals surface area (Å²) in [7, 11) is 0. The third-order valence-electron chi connectivity index (χ3n) is 2.28. The standard InChI is InChI=1S/C11H15BrFNO/c1-7(2)9-5-8(3-4-15-14)11(13)10(12)6-9/h5-7H,3-4,14H2,1-2H3. The van der Waals surface area contributed by atoms with Gasteiger partial charge in [-0.15, -0.1) is 0 Å². The Balaban J connectivity index is 3.02. The van der Waals surface area contributed by atoms with Gasteiger partial charge < -0.3 is 4.84 Å². The van der Waals surface area contributed by atoms with E-state index in [9.17, 15) is 4.39 Å². The van der Waals surface area contributed by atoms with Gasteiger partial charge in [0.05, 0.1) is 11.1 Å². The number of nitrogens with two attached hydrogens (primary N) is 1. The van der Waals surface area contributed by atoms with Crippen LogP contribution in [0.4, 0.5) is 4.39 Å². The molecular weight excluding hydrogens is 261 g/mol. The third-order valence-corrected chi connectivity index (χ3v) is 2.86. The molecule has 0 fully saturated rings. The SMILES string of the molecule is CC(C)c1cc(Br)c(F)c(CCON)c1. The Morgan fingerprint density at radius 2 is 2.13 bits per heavy atom. The van der Waals surface area contributed by atoms with E-state index in [1.807, 2.05) is 12.1 Å². The second kappa shape index (κ2) is 5.58. The van der Waals surface area contributed by atoms with Crippen LogP contribution in [0.5, 0.6) is 0 Å². The molecule has 0 bridgehead atoms. The molecule has 0 spiro atoms. The Hall–Kier alpha value is -0.450. The van der Waals surface area contributed by atoms with Crippen LogP contribution in [0.15, 0.2) is 16.6 Å². The first-order valence-corrected chi connectivity index (χ1v) is 5.65. The highest BCUT2D eigenvalue weighted by atomic mass is 79.9. The van der Waals surface area contributed by atoms with Crippen molar-refractivity contribution < 1.29 is 9.23 Å². The smallest absolute Gasteiger partial charge is 0.140 e. The average Bonchev–Trinajstić information content (AvgIpc) is 2.19. The van der Waals surface area contributed by atoms with Crippen LogP contribution >= 0.6 is 15.9 Å². The summed E-state index contributed by atoms with van der Waals surface area (Å²) in [6, 6.07) is 3.68. The lowest BCUT2D eigenvalue weighted by molar-refractivity contribution is 0.140. The van der Waals surface area contributed by atoms with Crippen LogP contribution in [0, 0.1) is 5.82 Å². The molecule has 2 nitrogen and oxygen atoms in total. The number of benzene rings is 1. The first-order valence-electron chi connectivity index (χ1n) is 4.85. The number of rotatable bonds is 4. The van der Waals surface area contributed by atoms with Crippen molar-refractivity contribution in [1.82, 2.24) is 0 Å². The van der Waals surface area contributed by atoms with E-state index >= 15 is 0 Å². The largest absolute Gasteiger partial charge is 0.304 e. The first-order chi connectivity index (χ1) is 7.06. The van der Waals surface area contributed by atoms with Crippen LogP contribution < -0.4 is 5.90 Å². The predicted octanol–water partition coefficient (Wildman–Crippen LogP) is 3.14. The zero-order valence-electron chi connectivity index (χ0n) is 8.89. The van der Waals surface area contributed by atoms with Crippen LogP contribution in [0.25, 0.3) is 0 Å². The van der Waals surface area contributed by atoms with Gasteiger partial charge >= 0.3 is 0 Å². The molecule has 2 N–H and O–H groups in total. The van der Waals surface area contributed by atoms with Gasteiger partial charge in [0.15, 0.2) is 0 Å². The second-order valence-electron chi connectivity index (χ2n) is 3.75. The van der Waals surface area contributed by atoms with Crippen molar-refractivity contribution >= 4 is 15.9 Å². The summed E-state index contributed by atoms with van der Waals surface area (Å²) in [5, 5.41) is 0. The highest BCUT2D eigenvalue weighted by molar-refractivity contribution is 9.10. The van der Waals surface area contributed by atoms with E-state index < -0.39 is 0 Å². The topological polar surface area (TPSA) is 35.2 Å². The molecule has 4 heteroatoms. The lowest BCUT2D eigenvalue weighted by atomic mass is 9.99. The first kappa shape index (κ1) is 12.6. The molecule has 1 rings (SSSR count). The minimum absolute atomic E-state index is 0.226. The van der Waals surface area contributed by atoms with Crippen molar-refractivity contribution in [2.45, 2.75) is 26.2 Å². The quantitative estimate of drug-likeness (QED) is 0.857. The highest BCUT2D eigenvalue weighted by Crippen LogP contribution is 2.26. The zero-order valence-corrected chi connectivity index (χ0v) is 10.5. The van der Waals surface area contributed by atoms with Crippen LogP contribution in [0.2, 0.25) is 0 Å². The summed E-state index contributed by atoms with van der Waals surface area (Å²) < 4.78 is 14.1. The maximum atomic E-state index is 13.6. The summed E-state index contributed by atoms with van der Waals surface area (Å²) in [6.45, 7) is 4.47. The minimum Gasteiger partial charge on any atom is -0.304 e. The molecule has 84 valence electrons. The molecule has 0 aliphatic heterocycles. The predicted molar refractivity (Wildman–Crippen MR) is 62.0 cm³/mol. The average molecular weight is 276 g/mol. The van der Waals surface area contributed by atoms with Crippen LogP contribution in [0.1, 0.15) is 30.9 Å². The highest BCUT2D eigenvalue weighted by Gasteiger charge is 2.10. The van der Waals surface area contributed by atoms with Crippen molar-refractivity contribution in [2.24, 2.45) is 5.90 Å². The Labute approximate surface area is 97.7 Å². The molecule has 0 saturated heterocycles. The van der Waals surface area contributed by atoms with E-state index in [4.69, 9.17) is 5.90 Å². The molecule has 0 radical (unpaired) electrons. The molecule has 1 aromatic carbocycles. The Kier molecular flexibility index (Phi) is 4.70. The Morgan fingerprint density at radius 3 is 2.67 bits per heavy atom. The van der Waals surface area contributed by atoms with Crippen molar-refractivity contribution in [2.75, 3.05) is 6.61 Å². The van der Waals surface area contributed by atoms with Crippen LogP contribution in [-0.2, 0) is 11.3 Å². The monoisotopic (exact) mass is 275 g/mol. The Morgan fingerprint density at radius 1 is 1.47 bits per heavy atom. The van der Waals surface area contributed by atoms with Crippen molar-refractivity contribution in [1.29, 1.82) is 0 Å². The third kappa shape index (κ3) is 3.26. The molecule has 0 amide bonds. The molecule has 0 atom stereocenters. The number of hydrogen-bond donors (Lipinski definition) is 1. The summed E-state index contributed by atoms with van der Waals surface area (Å²) in [4.78, 5) is 4.46. The van der Waals surface area contributed by atoms with Gasteiger partial charge in [0.1, 0.15) is 5.82 Å². The maximum absolute atomic E-state index is 13.6. The van der Waals surface area contributed by atoms with Crippen LogP contribution in [0.3, 0.4) is 0 Å². The van der Waals surface area contributed by atoms with E-state index in [-0.39, 0.29) is 5.82 Å². The number of halogens is 2. The lowest BCUT2D eigenvalue weighted by Crippen LogP contribution is -2.06. The fraction of sp³-hybridized carbons (Fsp3) is 0.455.